The third-order valence-electron chi connectivity index (χ3n) is 6.87. The molecule has 0 aliphatic heterocycles. The normalized spacial score (nSPS) is 17.7. The number of nitrogens with one attached hydrogen (secondary N) is 2. The Hall–Kier alpha value is -2.72. The Labute approximate surface area is 193 Å². The van der Waals surface area contributed by atoms with E-state index in [1.165, 1.54) is 12.1 Å². The van der Waals surface area contributed by atoms with Gasteiger partial charge in [-0.1, -0.05) is 18.0 Å². The summed E-state index contributed by atoms with van der Waals surface area (Å²) in [5.41, 5.74) is 2.21. The predicted molar refractivity (Wildman–Crippen MR) is 121 cm³/mol. The Morgan fingerprint density at radius 1 is 1.09 bits per heavy atom. The second-order valence-electron chi connectivity index (χ2n) is 9.42. The summed E-state index contributed by atoms with van der Waals surface area (Å²) in [4.78, 5) is 25.5. The Morgan fingerprint density at radius 3 is 2.33 bits per heavy atom. The standard InChI is InChI=1S/C23H30N4O5S/c1-14-9-17(33(24,30)31)10-18(15(14)2)21(28)25-12-23(7-3-4-8-23)13-26-22(29)20-11-19(27-32-20)16-5-6-16/h9-11,16H,3-8,12-13H2,1-2H3,(H,25,28)(H,26,29)(H2,24,30,31). The average molecular weight is 475 g/mol. The number of benzene rings is 1. The molecule has 1 heterocycles. The quantitative estimate of drug-likeness (QED) is 0.536. The average Bonchev–Trinajstić information content (AvgIpc) is 3.31. The van der Waals surface area contributed by atoms with Crippen LogP contribution in [0, 0.1) is 19.3 Å². The van der Waals surface area contributed by atoms with E-state index >= 15 is 0 Å². The van der Waals surface area contributed by atoms with E-state index in [9.17, 15) is 18.0 Å². The Morgan fingerprint density at radius 2 is 1.73 bits per heavy atom. The van der Waals surface area contributed by atoms with E-state index in [-0.39, 0.29) is 33.4 Å². The maximum Gasteiger partial charge on any atom is 0.289 e. The number of nitrogens with zero attached hydrogens (tertiary/aromatic N) is 1. The molecule has 0 spiro atoms. The first-order valence-electron chi connectivity index (χ1n) is 11.3. The van der Waals surface area contributed by atoms with Gasteiger partial charge in [0, 0.05) is 36.1 Å². The maximum atomic E-state index is 13.0. The van der Waals surface area contributed by atoms with E-state index in [1.54, 1.807) is 19.9 Å². The summed E-state index contributed by atoms with van der Waals surface area (Å²) < 4.78 is 28.8. The molecule has 9 nitrogen and oxygen atoms in total. The van der Waals surface area contributed by atoms with Crippen LogP contribution in [0.1, 0.15) is 82.2 Å². The van der Waals surface area contributed by atoms with Crippen molar-refractivity contribution in [3.8, 4) is 0 Å². The molecule has 2 aromatic rings. The highest BCUT2D eigenvalue weighted by Gasteiger charge is 2.35. The van der Waals surface area contributed by atoms with Crippen LogP contribution in [0.3, 0.4) is 0 Å². The second-order valence-corrected chi connectivity index (χ2v) is 11.0. The number of rotatable bonds is 8. The van der Waals surface area contributed by atoms with E-state index in [4.69, 9.17) is 9.66 Å². The Bertz CT molecular complexity index is 1180. The highest BCUT2D eigenvalue weighted by molar-refractivity contribution is 7.89. The summed E-state index contributed by atoms with van der Waals surface area (Å²) in [7, 11) is -3.93. The molecule has 178 valence electrons. The van der Waals surface area contributed by atoms with Crippen LogP contribution in [0.15, 0.2) is 27.6 Å². The van der Waals surface area contributed by atoms with Gasteiger partial charge in [0.15, 0.2) is 0 Å². The molecule has 0 bridgehead atoms. The van der Waals surface area contributed by atoms with E-state index in [0.29, 0.717) is 30.1 Å². The molecule has 0 saturated heterocycles. The number of nitrogens with two attached hydrogens (primary N) is 1. The van der Waals surface area contributed by atoms with Gasteiger partial charge in [-0.05, 0) is 62.8 Å². The summed E-state index contributed by atoms with van der Waals surface area (Å²) in [5, 5.41) is 15.2. The summed E-state index contributed by atoms with van der Waals surface area (Å²) in [6.07, 6.45) is 5.92. The van der Waals surface area contributed by atoms with E-state index in [1.807, 2.05) is 0 Å². The van der Waals surface area contributed by atoms with Crippen LogP contribution in [0.25, 0.3) is 0 Å². The number of aromatic nitrogens is 1. The molecule has 2 aliphatic rings. The highest BCUT2D eigenvalue weighted by atomic mass is 32.2. The number of sulfonamides is 1. The largest absolute Gasteiger partial charge is 0.351 e. The molecule has 0 unspecified atom stereocenters. The monoisotopic (exact) mass is 474 g/mol. The van der Waals surface area contributed by atoms with Crippen molar-refractivity contribution in [3.05, 3.63) is 46.3 Å². The first-order valence-corrected chi connectivity index (χ1v) is 12.8. The maximum absolute atomic E-state index is 13.0. The van der Waals surface area contributed by atoms with Gasteiger partial charge in [-0.15, -0.1) is 0 Å². The zero-order valence-electron chi connectivity index (χ0n) is 18.9. The van der Waals surface area contributed by atoms with Gasteiger partial charge in [0.25, 0.3) is 11.8 Å². The molecule has 0 radical (unpaired) electrons. The van der Waals surface area contributed by atoms with Gasteiger partial charge < -0.3 is 15.2 Å². The molecule has 2 aliphatic carbocycles. The summed E-state index contributed by atoms with van der Waals surface area (Å²) in [6, 6.07) is 4.49. The molecule has 2 amide bonds. The summed E-state index contributed by atoms with van der Waals surface area (Å²) >= 11 is 0. The number of aryl methyl sites for hydroxylation is 1. The van der Waals surface area contributed by atoms with Crippen molar-refractivity contribution in [1.29, 1.82) is 0 Å². The van der Waals surface area contributed by atoms with Crippen LogP contribution >= 0.6 is 0 Å². The van der Waals surface area contributed by atoms with E-state index < -0.39 is 10.0 Å². The van der Waals surface area contributed by atoms with Crippen molar-refractivity contribution < 1.29 is 22.5 Å². The van der Waals surface area contributed by atoms with Gasteiger partial charge in [-0.2, -0.15) is 0 Å². The zero-order valence-corrected chi connectivity index (χ0v) is 19.8. The van der Waals surface area contributed by atoms with Crippen molar-refractivity contribution in [3.63, 3.8) is 0 Å². The lowest BCUT2D eigenvalue weighted by molar-refractivity contribution is 0.0882. The lowest BCUT2D eigenvalue weighted by Crippen LogP contribution is -2.44. The lowest BCUT2D eigenvalue weighted by Gasteiger charge is -2.29. The molecule has 0 atom stereocenters. The minimum Gasteiger partial charge on any atom is -0.351 e. The van der Waals surface area contributed by atoms with Gasteiger partial charge in [0.2, 0.25) is 15.8 Å². The third kappa shape index (κ3) is 5.27. The fraction of sp³-hybridized carbons (Fsp3) is 0.522. The number of primary sulfonamides is 1. The van der Waals surface area contributed by atoms with Crippen molar-refractivity contribution >= 4 is 21.8 Å². The number of carbonyl (C=O) groups is 2. The zero-order chi connectivity index (χ0) is 23.8. The SMILES string of the molecule is Cc1cc(S(N)(=O)=O)cc(C(=O)NCC2(CNC(=O)c3cc(C4CC4)no3)CCCC2)c1C. The van der Waals surface area contributed by atoms with Crippen LogP contribution < -0.4 is 15.8 Å². The minimum atomic E-state index is -3.93. The minimum absolute atomic E-state index is 0.0868. The number of amides is 2. The number of hydrogen-bond acceptors (Lipinski definition) is 6. The fourth-order valence-corrected chi connectivity index (χ4v) is 5.08. The van der Waals surface area contributed by atoms with Crippen molar-refractivity contribution in [2.75, 3.05) is 13.1 Å². The molecular weight excluding hydrogens is 444 g/mol. The molecule has 4 N–H and O–H groups in total. The summed E-state index contributed by atoms with van der Waals surface area (Å²) in [6.45, 7) is 4.29. The van der Waals surface area contributed by atoms with Crippen LogP contribution in [-0.2, 0) is 10.0 Å². The van der Waals surface area contributed by atoms with Gasteiger partial charge in [0.05, 0.1) is 10.6 Å². The van der Waals surface area contributed by atoms with Crippen molar-refractivity contribution in [2.24, 2.45) is 10.6 Å². The van der Waals surface area contributed by atoms with Crippen LogP contribution in [0.5, 0.6) is 0 Å². The molecule has 4 rings (SSSR count). The summed E-state index contributed by atoms with van der Waals surface area (Å²) in [5.74, 6) is -0.0473. The van der Waals surface area contributed by atoms with Gasteiger partial charge in [-0.3, -0.25) is 9.59 Å². The molecule has 2 fully saturated rings. The first-order chi connectivity index (χ1) is 15.6. The number of carbonyl (C=O) groups excluding carboxylic acids is 2. The molecular formula is C23H30N4O5S. The fourth-order valence-electron chi connectivity index (χ4n) is 4.45. The second kappa shape index (κ2) is 8.90. The molecule has 10 heteroatoms. The van der Waals surface area contributed by atoms with Crippen LogP contribution in [0.4, 0.5) is 0 Å². The molecule has 1 aromatic heterocycles. The van der Waals surface area contributed by atoms with Crippen molar-refractivity contribution in [2.45, 2.75) is 63.2 Å². The topological polar surface area (TPSA) is 144 Å². The smallest absolute Gasteiger partial charge is 0.289 e. The van der Waals surface area contributed by atoms with Crippen LogP contribution in [0.2, 0.25) is 0 Å². The van der Waals surface area contributed by atoms with E-state index in [0.717, 1.165) is 44.2 Å². The molecule has 2 saturated carbocycles. The van der Waals surface area contributed by atoms with Gasteiger partial charge in [-0.25, -0.2) is 13.6 Å². The van der Waals surface area contributed by atoms with E-state index in [2.05, 4.69) is 15.8 Å². The number of hydrogen-bond donors (Lipinski definition) is 3. The third-order valence-corrected chi connectivity index (χ3v) is 7.77. The molecule has 1 aromatic carbocycles. The Kier molecular flexibility index (Phi) is 6.32. The lowest BCUT2D eigenvalue weighted by atomic mass is 9.85. The molecule has 33 heavy (non-hydrogen) atoms. The van der Waals surface area contributed by atoms with Crippen molar-refractivity contribution in [1.82, 2.24) is 15.8 Å². The highest BCUT2D eigenvalue weighted by Crippen LogP contribution is 2.39. The van der Waals surface area contributed by atoms with Gasteiger partial charge in [0.1, 0.15) is 0 Å². The Balaban J connectivity index is 1.42. The first kappa shape index (κ1) is 23.4. The van der Waals surface area contributed by atoms with Crippen LogP contribution in [-0.4, -0.2) is 38.5 Å². The predicted octanol–water partition coefficient (Wildman–Crippen LogP) is 2.54. The van der Waals surface area contributed by atoms with Gasteiger partial charge >= 0.3 is 0 Å².